The Labute approximate surface area is 454 Å². The number of halogens is 2. The molecule has 4 nitrogen and oxygen atoms in total. The molecule has 0 atom stereocenters. The second-order valence-corrected chi connectivity index (χ2v) is 20.2. The summed E-state index contributed by atoms with van der Waals surface area (Å²) in [5, 5.41) is 10.4. The first kappa shape index (κ1) is 60.5. The van der Waals surface area contributed by atoms with Crippen LogP contribution in [0.1, 0.15) is 214 Å². The summed E-state index contributed by atoms with van der Waals surface area (Å²) >= 11 is 12.5. The summed E-state index contributed by atoms with van der Waals surface area (Å²) in [7, 11) is 0. The molecule has 0 N–H and O–H groups in total. The summed E-state index contributed by atoms with van der Waals surface area (Å²) in [6.45, 7) is 35.8. The average molecular weight is 1160 g/mol. The molecule has 0 aliphatic carbocycles. The van der Waals surface area contributed by atoms with E-state index in [0.29, 0.717) is 47.3 Å². The van der Waals surface area contributed by atoms with E-state index < -0.39 is 0 Å². The number of hydrogen-bond donors (Lipinski definition) is 0. The molecule has 6 rings (SSSR count). The van der Waals surface area contributed by atoms with Gasteiger partial charge in [0.25, 0.3) is 0 Å². The summed E-state index contributed by atoms with van der Waals surface area (Å²) in [6, 6.07) is 42.9. The van der Waals surface area contributed by atoms with E-state index in [4.69, 9.17) is 20.6 Å². The van der Waals surface area contributed by atoms with E-state index in [-0.39, 0.29) is 0 Å². The van der Waals surface area contributed by atoms with Crippen molar-refractivity contribution in [3.8, 4) is 0 Å². The van der Waals surface area contributed by atoms with Gasteiger partial charge in [0.2, 0.25) is 0 Å². The third kappa shape index (κ3) is 16.6. The van der Waals surface area contributed by atoms with Gasteiger partial charge in [0.05, 0.1) is 11.4 Å². The maximum absolute atomic E-state index is 5.22. The Kier molecular flexibility index (Phi) is 26.2. The van der Waals surface area contributed by atoms with E-state index in [9.17, 15) is 0 Å². The number of benzene rings is 6. The molecule has 70 heavy (non-hydrogen) atoms. The Balaban J connectivity index is 0.000000346. The molecule has 0 saturated heterocycles. The maximum atomic E-state index is 5.22. The van der Waals surface area contributed by atoms with Crippen LogP contribution in [-0.4, -0.2) is 12.4 Å². The van der Waals surface area contributed by atoms with Crippen LogP contribution in [0.2, 0.25) is 0 Å². The SMILES string of the molecule is CC(C)c1cccc(C(C)C)c1N=Cc1ccccc1[N-]c1c(C(C)C)cccc1C(C)C.CC(C)c1cccc(C(C)C)c1N=Cc1ccccc1[N-]c1c(C(C)C)cccc1C(C)C.[Ni][Br].[Ni][Br]. The van der Waals surface area contributed by atoms with Gasteiger partial charge in [-0.3, -0.25) is 9.98 Å². The zero-order chi connectivity index (χ0) is 52.2. The van der Waals surface area contributed by atoms with E-state index >= 15 is 0 Å². The Morgan fingerprint density at radius 2 is 0.529 bits per heavy atom. The van der Waals surface area contributed by atoms with Gasteiger partial charge in [-0.05, 0) is 80.7 Å². The molecule has 0 heterocycles. The molecule has 6 aromatic carbocycles. The first-order valence-corrected chi connectivity index (χ1v) is 29.7. The fourth-order valence-corrected chi connectivity index (χ4v) is 8.51. The Bertz CT molecular complexity index is 2310. The zero-order valence-corrected chi connectivity index (χ0v) is 49.6. The molecule has 0 aliphatic heterocycles. The van der Waals surface area contributed by atoms with Crippen LogP contribution in [0, 0.1) is 0 Å². The number of rotatable bonds is 16. The van der Waals surface area contributed by atoms with Gasteiger partial charge >= 0.3 is 55.8 Å². The summed E-state index contributed by atoms with van der Waals surface area (Å²) in [5.74, 6) is 3.32. The molecule has 382 valence electrons. The first-order valence-electron chi connectivity index (χ1n) is 24.9. The standard InChI is InChI=1S/2C31H39N2.2BrH.2Ni/c2*1-20(2)25-14-11-15-26(21(3)4)30(25)32-19-24-13-9-10-18-29(24)33-31-27(22(5)6)16-12-17-28(31)23(7)8;;;;/h2*9-23H,1-8H3;2*1H;;/q2*-1;;;2*+1/p-2. The molecule has 0 aliphatic rings. The quantitative estimate of drug-likeness (QED) is 0.0685. The molecule has 0 radical (unpaired) electrons. The van der Waals surface area contributed by atoms with Crippen molar-refractivity contribution >= 4 is 75.0 Å². The molecule has 0 fully saturated rings. The summed E-state index contributed by atoms with van der Waals surface area (Å²) in [5.41, 5.74) is 18.7. The van der Waals surface area contributed by atoms with Gasteiger partial charge in [0.1, 0.15) is 0 Å². The van der Waals surface area contributed by atoms with Crippen LogP contribution in [0.15, 0.2) is 131 Å². The Hall–Kier alpha value is -3.79. The summed E-state index contributed by atoms with van der Waals surface area (Å²) < 4.78 is 0. The number of nitrogens with zero attached hydrogens (tertiary/aromatic N) is 4. The fraction of sp³-hybridized carbons (Fsp3) is 0.387. The minimum atomic E-state index is 0.412. The van der Waals surface area contributed by atoms with E-state index in [1.807, 2.05) is 12.4 Å². The third-order valence-corrected chi connectivity index (χ3v) is 12.4. The van der Waals surface area contributed by atoms with Crippen LogP contribution in [0.25, 0.3) is 10.6 Å². The Morgan fingerprint density at radius 3 is 0.757 bits per heavy atom. The van der Waals surface area contributed by atoms with Crippen molar-refractivity contribution in [3.05, 3.63) is 188 Å². The zero-order valence-electron chi connectivity index (χ0n) is 44.5. The molecule has 0 spiro atoms. The normalized spacial score (nSPS) is 11.5. The van der Waals surface area contributed by atoms with Gasteiger partial charge in [0, 0.05) is 12.4 Å². The van der Waals surface area contributed by atoms with Gasteiger partial charge in [-0.1, -0.05) is 254 Å². The molecular formula is C62H78Br2N4Ni2-2. The predicted octanol–water partition coefficient (Wildman–Crippen LogP) is 22.2. The fourth-order valence-electron chi connectivity index (χ4n) is 8.51. The molecule has 0 saturated carbocycles. The minimum absolute atomic E-state index is 0.412. The topological polar surface area (TPSA) is 52.9 Å². The van der Waals surface area contributed by atoms with Crippen molar-refractivity contribution in [2.24, 2.45) is 9.98 Å². The molecule has 0 aromatic heterocycles. The number of para-hydroxylation sites is 6. The van der Waals surface area contributed by atoms with Gasteiger partial charge in [-0.15, -0.1) is 22.7 Å². The number of aliphatic imine (C=N–C) groups is 2. The van der Waals surface area contributed by atoms with E-state index in [1.165, 1.54) is 44.5 Å². The molecule has 8 heteroatoms. The van der Waals surface area contributed by atoms with E-state index in [0.717, 1.165) is 45.3 Å². The molecule has 0 bridgehead atoms. The van der Waals surface area contributed by atoms with Crippen molar-refractivity contribution in [2.45, 2.75) is 158 Å². The van der Waals surface area contributed by atoms with E-state index in [2.05, 4.69) is 288 Å². The van der Waals surface area contributed by atoms with Crippen LogP contribution >= 0.6 is 28.5 Å². The molecule has 0 unspecified atom stereocenters. The molecular weight excluding hydrogens is 1080 g/mol. The van der Waals surface area contributed by atoms with Crippen molar-refractivity contribution in [1.82, 2.24) is 0 Å². The first-order chi connectivity index (χ1) is 33.4. The molecule has 6 aromatic rings. The third-order valence-electron chi connectivity index (χ3n) is 12.4. The summed E-state index contributed by atoms with van der Waals surface area (Å²) in [6.07, 6.45) is 4.00. The van der Waals surface area contributed by atoms with Crippen LogP contribution in [0.5, 0.6) is 0 Å². The average Bonchev–Trinajstić information content (AvgIpc) is 3.34. The van der Waals surface area contributed by atoms with Crippen molar-refractivity contribution in [2.75, 3.05) is 0 Å². The Morgan fingerprint density at radius 1 is 0.314 bits per heavy atom. The van der Waals surface area contributed by atoms with Gasteiger partial charge in [-0.25, -0.2) is 0 Å². The van der Waals surface area contributed by atoms with Crippen LogP contribution < -0.4 is 0 Å². The predicted molar refractivity (Wildman–Crippen MR) is 309 cm³/mol. The van der Waals surface area contributed by atoms with Crippen molar-refractivity contribution in [1.29, 1.82) is 0 Å². The monoisotopic (exact) mass is 1150 g/mol. The van der Waals surface area contributed by atoms with Gasteiger partial charge in [0.15, 0.2) is 0 Å². The van der Waals surface area contributed by atoms with Crippen LogP contribution in [0.4, 0.5) is 34.1 Å². The second kappa shape index (κ2) is 30.3. The molecule has 0 amide bonds. The second-order valence-electron chi connectivity index (χ2n) is 20.2. The van der Waals surface area contributed by atoms with Gasteiger partial charge in [-0.2, -0.15) is 0 Å². The van der Waals surface area contributed by atoms with Crippen LogP contribution in [0.3, 0.4) is 0 Å². The van der Waals surface area contributed by atoms with Crippen molar-refractivity contribution in [3.63, 3.8) is 0 Å². The van der Waals surface area contributed by atoms with Gasteiger partial charge < -0.3 is 10.6 Å². The number of hydrogen-bond acceptors (Lipinski definition) is 2. The van der Waals surface area contributed by atoms with E-state index in [1.54, 1.807) is 0 Å². The van der Waals surface area contributed by atoms with Crippen molar-refractivity contribution < 1.29 is 27.4 Å². The summed E-state index contributed by atoms with van der Waals surface area (Å²) in [4.78, 5) is 10.1. The van der Waals surface area contributed by atoms with Crippen LogP contribution in [-0.2, 0) is 27.4 Å².